The van der Waals surface area contributed by atoms with Crippen LogP contribution in [0.15, 0.2) is 0 Å². The lowest BCUT2D eigenvalue weighted by Gasteiger charge is -1.95. The maximum absolute atomic E-state index is 4.44. The highest BCUT2D eigenvalue weighted by Crippen LogP contribution is 2.15. The van der Waals surface area contributed by atoms with E-state index in [1.54, 1.807) is 0 Å². The molecule has 0 aliphatic carbocycles. The molecule has 11 heavy (non-hydrogen) atoms. The van der Waals surface area contributed by atoms with Gasteiger partial charge in [0.25, 0.3) is 0 Å². The molecule has 1 aliphatic rings. The van der Waals surface area contributed by atoms with Crippen LogP contribution in [0.1, 0.15) is 37.8 Å². The number of rotatable bonds is 1. The van der Waals surface area contributed by atoms with Crippen LogP contribution in [0.3, 0.4) is 0 Å². The number of hydrogen-bond acceptors (Lipinski definition) is 2. The molecule has 2 heterocycles. The zero-order valence-electron chi connectivity index (χ0n) is 7.04. The van der Waals surface area contributed by atoms with Crippen molar-refractivity contribution in [3.05, 3.63) is 11.6 Å². The van der Waals surface area contributed by atoms with Crippen LogP contribution in [0.2, 0.25) is 0 Å². The van der Waals surface area contributed by atoms with Gasteiger partial charge < -0.3 is 0 Å². The Morgan fingerprint density at radius 1 is 1.45 bits per heavy atom. The van der Waals surface area contributed by atoms with Gasteiger partial charge >= 0.3 is 0 Å². The minimum atomic E-state index is 0.466. The quantitative estimate of drug-likeness (QED) is 0.606. The molecule has 1 aromatic heterocycles. The molecule has 0 radical (unpaired) electrons. The molecular weight excluding hydrogens is 138 g/mol. The minimum Gasteiger partial charge on any atom is -0.250 e. The fraction of sp³-hybridized carbons (Fsp3) is 0.750. The van der Waals surface area contributed by atoms with E-state index in [2.05, 4.69) is 23.9 Å². The third kappa shape index (κ3) is 1.04. The fourth-order valence-electron chi connectivity index (χ4n) is 1.39. The normalized spacial score (nSPS) is 15.9. The van der Waals surface area contributed by atoms with E-state index in [0.717, 1.165) is 18.8 Å². The maximum Gasteiger partial charge on any atom is 0.153 e. The van der Waals surface area contributed by atoms with Crippen LogP contribution in [0.4, 0.5) is 0 Å². The Morgan fingerprint density at radius 3 is 2.91 bits per heavy atom. The van der Waals surface area contributed by atoms with Crippen LogP contribution in [0.25, 0.3) is 0 Å². The van der Waals surface area contributed by atoms with Crippen molar-refractivity contribution in [3.63, 3.8) is 0 Å². The van der Waals surface area contributed by atoms with Gasteiger partial charge in [0.1, 0.15) is 5.82 Å². The molecule has 0 amide bonds. The second-order valence-electron chi connectivity index (χ2n) is 3.37. The first-order chi connectivity index (χ1) is 5.27. The third-order valence-electron chi connectivity index (χ3n) is 2.05. The summed E-state index contributed by atoms with van der Waals surface area (Å²) in [5, 5.41) is 4.40. The summed E-state index contributed by atoms with van der Waals surface area (Å²) >= 11 is 0. The molecule has 1 aromatic rings. The van der Waals surface area contributed by atoms with Crippen LogP contribution in [0, 0.1) is 0 Å². The van der Waals surface area contributed by atoms with Crippen molar-refractivity contribution in [2.75, 3.05) is 0 Å². The fourth-order valence-corrected chi connectivity index (χ4v) is 1.39. The average Bonchev–Trinajstić information content (AvgIpc) is 2.40. The van der Waals surface area contributed by atoms with Gasteiger partial charge in [0.15, 0.2) is 5.82 Å². The molecule has 3 nitrogen and oxygen atoms in total. The second-order valence-corrected chi connectivity index (χ2v) is 3.37. The van der Waals surface area contributed by atoms with Crippen LogP contribution in [-0.2, 0) is 13.0 Å². The number of fused-ring (bicyclic) bond motifs is 1. The molecule has 0 unspecified atom stereocenters. The van der Waals surface area contributed by atoms with Gasteiger partial charge in [0.2, 0.25) is 0 Å². The lowest BCUT2D eigenvalue weighted by atomic mass is 10.2. The van der Waals surface area contributed by atoms with Gasteiger partial charge in [-0.2, -0.15) is 5.10 Å². The van der Waals surface area contributed by atoms with Crippen LogP contribution >= 0.6 is 0 Å². The standard InChI is InChI=1S/C8H13N3/c1-6(2)8-9-7-4-3-5-11(7)10-8/h6H,3-5H2,1-2H3. The smallest absolute Gasteiger partial charge is 0.153 e. The van der Waals surface area contributed by atoms with Crippen LogP contribution < -0.4 is 0 Å². The monoisotopic (exact) mass is 151 g/mol. The lowest BCUT2D eigenvalue weighted by molar-refractivity contribution is 0.631. The SMILES string of the molecule is CC(C)c1nc2n(n1)CCC2. The van der Waals surface area contributed by atoms with Gasteiger partial charge in [0, 0.05) is 18.9 Å². The number of nitrogens with zero attached hydrogens (tertiary/aromatic N) is 3. The van der Waals surface area contributed by atoms with Crippen LogP contribution in [0.5, 0.6) is 0 Å². The summed E-state index contributed by atoms with van der Waals surface area (Å²) < 4.78 is 2.04. The Bertz CT molecular complexity index is 241. The first-order valence-corrected chi connectivity index (χ1v) is 4.21. The third-order valence-corrected chi connectivity index (χ3v) is 2.05. The molecule has 0 N–H and O–H groups in total. The molecule has 2 rings (SSSR count). The Labute approximate surface area is 66.4 Å². The maximum atomic E-state index is 4.44. The highest BCUT2D eigenvalue weighted by molar-refractivity contribution is 4.99. The van der Waals surface area contributed by atoms with Crippen molar-refractivity contribution in [2.24, 2.45) is 0 Å². The molecule has 0 atom stereocenters. The van der Waals surface area contributed by atoms with E-state index in [1.165, 1.54) is 12.2 Å². The largest absolute Gasteiger partial charge is 0.250 e. The first kappa shape index (κ1) is 6.83. The van der Waals surface area contributed by atoms with Gasteiger partial charge in [-0.3, -0.25) is 0 Å². The van der Waals surface area contributed by atoms with Gasteiger partial charge in [-0.05, 0) is 6.42 Å². The van der Waals surface area contributed by atoms with Gasteiger partial charge in [-0.1, -0.05) is 13.8 Å². The molecule has 1 aliphatic heterocycles. The van der Waals surface area contributed by atoms with Gasteiger partial charge in [-0.25, -0.2) is 9.67 Å². The van der Waals surface area contributed by atoms with Gasteiger partial charge in [0.05, 0.1) is 0 Å². The van der Waals surface area contributed by atoms with Crippen molar-refractivity contribution < 1.29 is 0 Å². The summed E-state index contributed by atoms with van der Waals surface area (Å²) in [6.07, 6.45) is 2.33. The minimum absolute atomic E-state index is 0.466. The van der Waals surface area contributed by atoms with E-state index in [9.17, 15) is 0 Å². The molecule has 3 heteroatoms. The highest BCUT2D eigenvalue weighted by atomic mass is 15.4. The van der Waals surface area contributed by atoms with E-state index in [4.69, 9.17) is 0 Å². The van der Waals surface area contributed by atoms with Crippen molar-refractivity contribution >= 4 is 0 Å². The molecule has 0 saturated carbocycles. The van der Waals surface area contributed by atoms with Crippen molar-refractivity contribution in [3.8, 4) is 0 Å². The molecule has 60 valence electrons. The molecule has 0 spiro atoms. The summed E-state index contributed by atoms with van der Waals surface area (Å²) in [5.41, 5.74) is 0. The van der Waals surface area contributed by atoms with Crippen molar-refractivity contribution in [1.29, 1.82) is 0 Å². The summed E-state index contributed by atoms with van der Waals surface area (Å²) in [5.74, 6) is 2.64. The Morgan fingerprint density at radius 2 is 2.27 bits per heavy atom. The summed E-state index contributed by atoms with van der Waals surface area (Å²) in [4.78, 5) is 4.44. The molecule has 0 aromatic carbocycles. The number of hydrogen-bond donors (Lipinski definition) is 0. The van der Waals surface area contributed by atoms with E-state index in [0.29, 0.717) is 5.92 Å². The van der Waals surface area contributed by atoms with Crippen molar-refractivity contribution in [1.82, 2.24) is 14.8 Å². The second kappa shape index (κ2) is 2.32. The zero-order valence-corrected chi connectivity index (χ0v) is 7.04. The molecule has 0 fully saturated rings. The van der Waals surface area contributed by atoms with E-state index >= 15 is 0 Å². The van der Waals surface area contributed by atoms with E-state index < -0.39 is 0 Å². The summed E-state index contributed by atoms with van der Waals surface area (Å²) in [6, 6.07) is 0. The van der Waals surface area contributed by atoms with Crippen LogP contribution in [-0.4, -0.2) is 14.8 Å². The lowest BCUT2D eigenvalue weighted by Crippen LogP contribution is -1.96. The topological polar surface area (TPSA) is 30.7 Å². The summed E-state index contributed by atoms with van der Waals surface area (Å²) in [6.45, 7) is 5.32. The number of aryl methyl sites for hydroxylation is 2. The number of aromatic nitrogens is 3. The predicted octanol–water partition coefficient (Wildman–Crippen LogP) is 1.35. The Balaban J connectivity index is 2.34. The van der Waals surface area contributed by atoms with Crippen molar-refractivity contribution in [2.45, 2.75) is 39.2 Å². The highest BCUT2D eigenvalue weighted by Gasteiger charge is 2.16. The molecule has 0 saturated heterocycles. The van der Waals surface area contributed by atoms with E-state index in [-0.39, 0.29) is 0 Å². The Hall–Kier alpha value is -0.860. The molecular formula is C8H13N3. The zero-order chi connectivity index (χ0) is 7.84. The average molecular weight is 151 g/mol. The summed E-state index contributed by atoms with van der Waals surface area (Å²) in [7, 11) is 0. The van der Waals surface area contributed by atoms with Gasteiger partial charge in [-0.15, -0.1) is 0 Å². The Kier molecular flexibility index (Phi) is 1.44. The first-order valence-electron chi connectivity index (χ1n) is 4.21. The molecule has 0 bridgehead atoms. The predicted molar refractivity (Wildman–Crippen MR) is 42.4 cm³/mol. The van der Waals surface area contributed by atoms with E-state index in [1.807, 2.05) is 4.68 Å².